The van der Waals surface area contributed by atoms with E-state index in [4.69, 9.17) is 0 Å². The molecule has 2 aromatic carbocycles. The molecule has 1 N–H and O–H groups in total. The Hall–Kier alpha value is -3.76. The first-order chi connectivity index (χ1) is 15.0. The maximum atomic E-state index is 13.0. The number of carbonyl (C=O) groups excluding carboxylic acids is 2. The van der Waals surface area contributed by atoms with Gasteiger partial charge in [0.15, 0.2) is 11.7 Å². The normalized spacial score (nSPS) is 11.8. The van der Waals surface area contributed by atoms with Crippen LogP contribution in [0.1, 0.15) is 27.9 Å². The van der Waals surface area contributed by atoms with Crippen LogP contribution in [-0.2, 0) is 11.2 Å². The van der Waals surface area contributed by atoms with E-state index in [1.807, 2.05) is 62.4 Å². The molecule has 1 atom stereocenters. The van der Waals surface area contributed by atoms with E-state index in [2.05, 4.69) is 10.4 Å². The second-order valence-electron chi connectivity index (χ2n) is 7.13. The Kier molecular flexibility index (Phi) is 5.65. The molecule has 4 aromatic rings. The molecule has 0 radical (unpaired) electrons. The number of nitrogens with one attached hydrogen (secondary N) is 1. The smallest absolute Gasteiger partial charge is 0.249 e. The standard InChI is InChI=1S/C24H20N4O2S/c1-3-16-9-11-17(12-10-16)26-23(30)20(14-25)22(29)21-13-19-15(2)27-28(24(19)31-21)18-7-5-4-6-8-18/h4-13,20H,3H2,1-2H3,(H,26,30). The van der Waals surface area contributed by atoms with Gasteiger partial charge in [0.25, 0.3) is 0 Å². The average Bonchev–Trinajstić information content (AvgIpc) is 3.36. The van der Waals surface area contributed by atoms with Gasteiger partial charge >= 0.3 is 0 Å². The summed E-state index contributed by atoms with van der Waals surface area (Å²) < 4.78 is 1.78. The van der Waals surface area contributed by atoms with E-state index in [1.54, 1.807) is 22.9 Å². The first kappa shape index (κ1) is 20.5. The monoisotopic (exact) mass is 428 g/mol. The van der Waals surface area contributed by atoms with Gasteiger partial charge < -0.3 is 5.32 Å². The molecule has 0 saturated carbocycles. The van der Waals surface area contributed by atoms with Crippen molar-refractivity contribution in [2.75, 3.05) is 5.32 Å². The van der Waals surface area contributed by atoms with E-state index in [0.29, 0.717) is 10.6 Å². The number of aromatic nitrogens is 2. The Morgan fingerprint density at radius 1 is 1.16 bits per heavy atom. The number of anilines is 1. The highest BCUT2D eigenvalue weighted by Gasteiger charge is 2.30. The molecular weight excluding hydrogens is 408 g/mol. The van der Waals surface area contributed by atoms with Gasteiger partial charge in [0.05, 0.1) is 22.3 Å². The van der Waals surface area contributed by atoms with Gasteiger partial charge in [-0.15, -0.1) is 11.3 Å². The number of ketones is 1. The molecule has 1 unspecified atom stereocenters. The van der Waals surface area contributed by atoms with Gasteiger partial charge in [-0.1, -0.05) is 37.3 Å². The molecule has 2 aromatic heterocycles. The molecule has 4 rings (SSSR count). The largest absolute Gasteiger partial charge is 0.325 e. The fourth-order valence-electron chi connectivity index (χ4n) is 3.33. The van der Waals surface area contributed by atoms with Crippen molar-refractivity contribution in [1.29, 1.82) is 5.26 Å². The molecule has 0 bridgehead atoms. The molecule has 0 aliphatic carbocycles. The highest BCUT2D eigenvalue weighted by molar-refractivity contribution is 7.20. The Morgan fingerprint density at radius 3 is 2.52 bits per heavy atom. The van der Waals surface area contributed by atoms with Crippen molar-refractivity contribution in [3.63, 3.8) is 0 Å². The van der Waals surface area contributed by atoms with E-state index in [-0.39, 0.29) is 0 Å². The van der Waals surface area contributed by atoms with Crippen LogP contribution in [0.25, 0.3) is 15.9 Å². The summed E-state index contributed by atoms with van der Waals surface area (Å²) in [5.41, 5.74) is 3.36. The van der Waals surface area contributed by atoms with Crippen molar-refractivity contribution in [3.8, 4) is 11.8 Å². The van der Waals surface area contributed by atoms with E-state index in [1.165, 1.54) is 11.3 Å². The molecule has 7 heteroatoms. The summed E-state index contributed by atoms with van der Waals surface area (Å²) in [4.78, 5) is 26.9. The molecule has 6 nitrogen and oxygen atoms in total. The molecule has 31 heavy (non-hydrogen) atoms. The summed E-state index contributed by atoms with van der Waals surface area (Å²) in [5, 5.41) is 17.6. The maximum Gasteiger partial charge on any atom is 0.249 e. The van der Waals surface area contributed by atoms with E-state index >= 15 is 0 Å². The molecule has 154 valence electrons. The number of thiophene rings is 1. The van der Waals surface area contributed by atoms with Crippen LogP contribution >= 0.6 is 11.3 Å². The summed E-state index contributed by atoms with van der Waals surface area (Å²) >= 11 is 1.24. The van der Waals surface area contributed by atoms with Gasteiger partial charge in [0.1, 0.15) is 4.83 Å². The van der Waals surface area contributed by atoms with Crippen LogP contribution in [-0.4, -0.2) is 21.5 Å². The summed E-state index contributed by atoms with van der Waals surface area (Å²) in [6.45, 7) is 3.92. The molecular formula is C24H20N4O2S. The average molecular weight is 429 g/mol. The molecule has 0 saturated heterocycles. The van der Waals surface area contributed by atoms with Gasteiger partial charge in [-0.25, -0.2) is 4.68 Å². The van der Waals surface area contributed by atoms with E-state index < -0.39 is 17.6 Å². The zero-order valence-electron chi connectivity index (χ0n) is 17.1. The van der Waals surface area contributed by atoms with Crippen LogP contribution in [0.15, 0.2) is 60.7 Å². The van der Waals surface area contributed by atoms with Crippen LogP contribution in [0.3, 0.4) is 0 Å². The first-order valence-corrected chi connectivity index (χ1v) is 10.7. The number of nitrogens with zero attached hydrogens (tertiary/aromatic N) is 3. The number of nitriles is 1. The number of rotatable bonds is 6. The fraction of sp³-hybridized carbons (Fsp3) is 0.167. The number of benzene rings is 2. The minimum absolute atomic E-state index is 0.364. The Morgan fingerprint density at radius 2 is 1.87 bits per heavy atom. The van der Waals surface area contributed by atoms with Crippen LogP contribution in [0.2, 0.25) is 0 Å². The summed E-state index contributed by atoms with van der Waals surface area (Å²) in [5.74, 6) is -2.56. The zero-order valence-corrected chi connectivity index (χ0v) is 17.9. The highest BCUT2D eigenvalue weighted by atomic mass is 32.1. The molecule has 0 aliphatic rings. The predicted molar refractivity (Wildman–Crippen MR) is 122 cm³/mol. The number of fused-ring (bicyclic) bond motifs is 1. The van der Waals surface area contributed by atoms with E-state index in [0.717, 1.165) is 33.6 Å². The third kappa shape index (κ3) is 3.98. The lowest BCUT2D eigenvalue weighted by atomic mass is 10.0. The summed E-state index contributed by atoms with van der Waals surface area (Å²) in [7, 11) is 0. The van der Waals surface area contributed by atoms with Crippen molar-refractivity contribution >= 4 is 38.9 Å². The van der Waals surface area contributed by atoms with Crippen molar-refractivity contribution in [2.45, 2.75) is 20.3 Å². The number of aryl methyl sites for hydroxylation is 2. The topological polar surface area (TPSA) is 87.8 Å². The lowest BCUT2D eigenvalue weighted by molar-refractivity contribution is -0.117. The second-order valence-corrected chi connectivity index (χ2v) is 8.16. The molecule has 0 spiro atoms. The maximum absolute atomic E-state index is 13.0. The van der Waals surface area contributed by atoms with Crippen molar-refractivity contribution in [2.24, 2.45) is 5.92 Å². The number of hydrogen-bond donors (Lipinski definition) is 1. The lowest BCUT2D eigenvalue weighted by Gasteiger charge is -2.09. The van der Waals surface area contributed by atoms with Crippen molar-refractivity contribution in [1.82, 2.24) is 9.78 Å². The second kappa shape index (κ2) is 8.54. The quantitative estimate of drug-likeness (QED) is 0.349. The van der Waals surface area contributed by atoms with Gasteiger partial charge in [0, 0.05) is 11.1 Å². The van der Waals surface area contributed by atoms with Gasteiger partial charge in [-0.3, -0.25) is 9.59 Å². The summed E-state index contributed by atoms with van der Waals surface area (Å²) in [6, 6.07) is 20.6. The third-order valence-electron chi connectivity index (χ3n) is 5.07. The molecule has 0 aliphatic heterocycles. The number of Topliss-reactive ketones (excluding diaryl/α,β-unsaturated/α-hetero) is 1. The van der Waals surface area contributed by atoms with Crippen LogP contribution in [0.4, 0.5) is 5.69 Å². The van der Waals surface area contributed by atoms with E-state index in [9.17, 15) is 14.9 Å². The number of amides is 1. The van der Waals surface area contributed by atoms with Gasteiger partial charge in [-0.05, 0) is 49.2 Å². The fourth-order valence-corrected chi connectivity index (χ4v) is 4.48. The van der Waals surface area contributed by atoms with Crippen LogP contribution in [0.5, 0.6) is 0 Å². The van der Waals surface area contributed by atoms with Crippen LogP contribution < -0.4 is 5.32 Å². The van der Waals surface area contributed by atoms with Crippen molar-refractivity contribution < 1.29 is 9.59 Å². The zero-order chi connectivity index (χ0) is 22.0. The third-order valence-corrected chi connectivity index (χ3v) is 6.20. The van der Waals surface area contributed by atoms with Crippen LogP contribution in [0, 0.1) is 24.2 Å². The van der Waals surface area contributed by atoms with Gasteiger partial charge in [-0.2, -0.15) is 10.4 Å². The van der Waals surface area contributed by atoms with Crippen molar-refractivity contribution in [3.05, 3.63) is 76.8 Å². The molecule has 2 heterocycles. The minimum Gasteiger partial charge on any atom is -0.325 e. The Balaban J connectivity index is 1.61. The predicted octanol–water partition coefficient (Wildman–Crippen LogP) is 4.92. The number of para-hydroxylation sites is 1. The minimum atomic E-state index is -1.42. The first-order valence-electron chi connectivity index (χ1n) is 9.90. The van der Waals surface area contributed by atoms with Gasteiger partial charge in [0.2, 0.25) is 5.91 Å². The molecule has 0 fully saturated rings. The highest BCUT2D eigenvalue weighted by Crippen LogP contribution is 2.32. The SMILES string of the molecule is CCc1ccc(NC(=O)C(C#N)C(=O)c2cc3c(C)nn(-c4ccccc4)c3s2)cc1. The Bertz CT molecular complexity index is 1300. The Labute approximate surface area is 183 Å². The lowest BCUT2D eigenvalue weighted by Crippen LogP contribution is -2.28. The number of hydrogen-bond acceptors (Lipinski definition) is 5. The molecule has 1 amide bonds. The number of carbonyl (C=O) groups is 2. The summed E-state index contributed by atoms with van der Waals surface area (Å²) in [6.07, 6.45) is 0.888.